The number of amides is 1. The zero-order valence-corrected chi connectivity index (χ0v) is 17.1. The Morgan fingerprint density at radius 1 is 1.14 bits per heavy atom. The van der Waals surface area contributed by atoms with Crippen LogP contribution in [0.1, 0.15) is 58.3 Å². The molecule has 28 heavy (non-hydrogen) atoms. The van der Waals surface area contributed by atoms with Crippen molar-refractivity contribution in [1.29, 1.82) is 0 Å². The van der Waals surface area contributed by atoms with E-state index in [1.165, 1.54) is 6.42 Å². The normalized spacial score (nSPS) is 15.1. The third kappa shape index (κ3) is 4.49. The van der Waals surface area contributed by atoms with Gasteiger partial charge in [0, 0.05) is 12.6 Å². The number of nitrogens with one attached hydrogen (secondary N) is 1. The van der Waals surface area contributed by atoms with Crippen molar-refractivity contribution in [2.24, 2.45) is 0 Å². The first-order valence-electron chi connectivity index (χ1n) is 10.2. The zero-order valence-electron chi connectivity index (χ0n) is 16.4. The molecule has 1 saturated carbocycles. The minimum atomic E-state index is -0.504. The van der Waals surface area contributed by atoms with Gasteiger partial charge in [-0.15, -0.1) is 0 Å². The molecular formula is C21H28ClN3O3. The molecule has 1 aromatic heterocycles. The molecule has 2 aromatic rings. The monoisotopic (exact) mass is 405 g/mol. The van der Waals surface area contributed by atoms with Gasteiger partial charge >= 0.3 is 5.69 Å². The van der Waals surface area contributed by atoms with Crippen LogP contribution in [0.15, 0.2) is 27.8 Å². The average molecular weight is 406 g/mol. The first-order chi connectivity index (χ1) is 13.5. The lowest BCUT2D eigenvalue weighted by molar-refractivity contribution is -0.122. The van der Waals surface area contributed by atoms with Crippen LogP contribution in [0.3, 0.4) is 0 Å². The van der Waals surface area contributed by atoms with E-state index in [1.807, 2.05) is 0 Å². The Bertz CT molecular complexity index is 958. The number of fused-ring (bicyclic) bond motifs is 1. The van der Waals surface area contributed by atoms with Crippen molar-refractivity contribution in [3.63, 3.8) is 0 Å². The maximum absolute atomic E-state index is 13.0. The molecule has 1 aromatic carbocycles. The van der Waals surface area contributed by atoms with Gasteiger partial charge in [-0.05, 0) is 31.4 Å². The summed E-state index contributed by atoms with van der Waals surface area (Å²) in [6.45, 7) is 2.31. The number of nitrogens with zero attached hydrogens (tertiary/aromatic N) is 2. The Kier molecular flexibility index (Phi) is 6.94. The van der Waals surface area contributed by atoms with Crippen LogP contribution in [0.25, 0.3) is 10.9 Å². The van der Waals surface area contributed by atoms with Gasteiger partial charge in [0.25, 0.3) is 5.56 Å². The van der Waals surface area contributed by atoms with Crippen LogP contribution >= 0.6 is 11.6 Å². The second kappa shape index (κ2) is 9.41. The molecule has 1 aliphatic rings. The molecule has 6 nitrogen and oxygen atoms in total. The van der Waals surface area contributed by atoms with E-state index < -0.39 is 11.2 Å². The van der Waals surface area contributed by atoms with Crippen molar-refractivity contribution in [3.8, 4) is 0 Å². The molecule has 1 aliphatic carbocycles. The average Bonchev–Trinajstić information content (AvgIpc) is 2.68. The van der Waals surface area contributed by atoms with Crippen LogP contribution in [0.5, 0.6) is 0 Å². The van der Waals surface area contributed by atoms with Gasteiger partial charge in [-0.3, -0.25) is 18.7 Å². The van der Waals surface area contributed by atoms with Crippen LogP contribution in [-0.2, 0) is 17.9 Å². The van der Waals surface area contributed by atoms with Crippen molar-refractivity contribution >= 4 is 28.4 Å². The lowest BCUT2D eigenvalue weighted by Crippen LogP contribution is -2.46. The Morgan fingerprint density at radius 3 is 2.61 bits per heavy atom. The number of hydrogen-bond donors (Lipinski definition) is 1. The van der Waals surface area contributed by atoms with Crippen LogP contribution in [0.4, 0.5) is 0 Å². The van der Waals surface area contributed by atoms with Gasteiger partial charge in [-0.25, -0.2) is 4.79 Å². The maximum Gasteiger partial charge on any atom is 0.331 e. The molecule has 0 saturated heterocycles. The van der Waals surface area contributed by atoms with E-state index in [-0.39, 0.29) is 18.5 Å². The summed E-state index contributed by atoms with van der Waals surface area (Å²) in [5.74, 6) is -0.294. The number of carbonyl (C=O) groups excluding carboxylic acids is 1. The van der Waals surface area contributed by atoms with Gasteiger partial charge in [-0.1, -0.05) is 56.7 Å². The summed E-state index contributed by atoms with van der Waals surface area (Å²) >= 11 is 6.28. The summed E-state index contributed by atoms with van der Waals surface area (Å²) in [6.07, 6.45) is 8.12. The summed E-state index contributed by atoms with van der Waals surface area (Å²) in [5, 5.41) is 3.57. The van der Waals surface area contributed by atoms with Gasteiger partial charge < -0.3 is 5.32 Å². The van der Waals surface area contributed by atoms with E-state index in [4.69, 9.17) is 11.6 Å². The van der Waals surface area contributed by atoms with Gasteiger partial charge in [0.1, 0.15) is 6.54 Å². The quantitative estimate of drug-likeness (QED) is 0.717. The van der Waals surface area contributed by atoms with Crippen molar-refractivity contribution in [3.05, 3.63) is 44.1 Å². The maximum atomic E-state index is 13.0. The number of aryl methyl sites for hydroxylation is 1. The van der Waals surface area contributed by atoms with Gasteiger partial charge in [-0.2, -0.15) is 0 Å². The second-order valence-corrected chi connectivity index (χ2v) is 7.98. The highest BCUT2D eigenvalue weighted by Gasteiger charge is 2.20. The zero-order chi connectivity index (χ0) is 20.1. The minimum Gasteiger partial charge on any atom is -0.352 e. The summed E-state index contributed by atoms with van der Waals surface area (Å²) in [4.78, 5) is 38.5. The molecule has 1 heterocycles. The van der Waals surface area contributed by atoms with E-state index in [9.17, 15) is 14.4 Å². The van der Waals surface area contributed by atoms with Crippen molar-refractivity contribution in [2.45, 2.75) is 77.4 Å². The first kappa shape index (κ1) is 20.6. The van der Waals surface area contributed by atoms with E-state index in [2.05, 4.69) is 12.2 Å². The van der Waals surface area contributed by atoms with Gasteiger partial charge in [0.15, 0.2) is 0 Å². The third-order valence-corrected chi connectivity index (χ3v) is 5.78. The molecule has 0 radical (unpaired) electrons. The largest absolute Gasteiger partial charge is 0.352 e. The topological polar surface area (TPSA) is 73.1 Å². The molecule has 0 atom stereocenters. The highest BCUT2D eigenvalue weighted by atomic mass is 35.5. The van der Waals surface area contributed by atoms with Crippen LogP contribution in [-0.4, -0.2) is 21.1 Å². The number of benzene rings is 1. The van der Waals surface area contributed by atoms with Crippen molar-refractivity contribution < 1.29 is 4.79 Å². The molecule has 1 N–H and O–H groups in total. The fourth-order valence-electron chi connectivity index (χ4n) is 3.96. The third-order valence-electron chi connectivity index (χ3n) is 5.46. The number of rotatable bonds is 7. The van der Waals surface area contributed by atoms with Crippen LogP contribution < -0.4 is 16.6 Å². The van der Waals surface area contributed by atoms with E-state index in [0.29, 0.717) is 22.5 Å². The van der Waals surface area contributed by atoms with Crippen LogP contribution in [0, 0.1) is 0 Å². The molecule has 1 fully saturated rings. The fourth-order valence-corrected chi connectivity index (χ4v) is 4.21. The number of hydrogen-bond acceptors (Lipinski definition) is 3. The number of halogens is 1. The number of unbranched alkanes of at least 4 members (excludes halogenated alkanes) is 2. The lowest BCUT2D eigenvalue weighted by atomic mass is 9.95. The predicted octanol–water partition coefficient (Wildman–Crippen LogP) is 3.46. The van der Waals surface area contributed by atoms with Gasteiger partial charge in [0.05, 0.1) is 15.9 Å². The minimum absolute atomic E-state index is 0.132. The molecule has 0 bridgehead atoms. The molecule has 7 heteroatoms. The van der Waals surface area contributed by atoms with E-state index in [0.717, 1.165) is 49.5 Å². The molecule has 0 aliphatic heterocycles. The number of aromatic nitrogens is 2. The van der Waals surface area contributed by atoms with E-state index >= 15 is 0 Å². The Labute approximate surface area is 169 Å². The second-order valence-electron chi connectivity index (χ2n) is 7.57. The molecule has 1 amide bonds. The molecule has 152 valence electrons. The highest BCUT2D eigenvalue weighted by molar-refractivity contribution is 6.35. The Morgan fingerprint density at radius 2 is 1.89 bits per heavy atom. The predicted molar refractivity (Wildman–Crippen MR) is 112 cm³/mol. The lowest BCUT2D eigenvalue weighted by Gasteiger charge is -2.23. The summed E-state index contributed by atoms with van der Waals surface area (Å²) < 4.78 is 2.60. The molecule has 3 rings (SSSR count). The first-order valence-corrected chi connectivity index (χ1v) is 10.6. The molecule has 0 spiro atoms. The van der Waals surface area contributed by atoms with Crippen molar-refractivity contribution in [1.82, 2.24) is 14.5 Å². The van der Waals surface area contributed by atoms with Crippen molar-refractivity contribution in [2.75, 3.05) is 0 Å². The SMILES string of the molecule is CCCCCn1c(=O)n(CC(=O)NC2CCCCC2)c(=O)c2c(Cl)cccc21. The molecular weight excluding hydrogens is 378 g/mol. The Hall–Kier alpha value is -2.08. The fraction of sp³-hybridized carbons (Fsp3) is 0.571. The summed E-state index contributed by atoms with van der Waals surface area (Å²) in [7, 11) is 0. The van der Waals surface area contributed by atoms with Crippen LogP contribution in [0.2, 0.25) is 5.02 Å². The Balaban J connectivity index is 1.96. The number of carbonyl (C=O) groups is 1. The van der Waals surface area contributed by atoms with E-state index in [1.54, 1.807) is 22.8 Å². The van der Waals surface area contributed by atoms with Gasteiger partial charge in [0.2, 0.25) is 5.91 Å². The molecule has 0 unspecified atom stereocenters. The summed E-state index contributed by atoms with van der Waals surface area (Å²) in [6, 6.07) is 5.24. The smallest absolute Gasteiger partial charge is 0.331 e. The summed E-state index contributed by atoms with van der Waals surface area (Å²) in [5.41, 5.74) is -0.423. The highest BCUT2D eigenvalue weighted by Crippen LogP contribution is 2.20. The standard InChI is InChI=1S/C21H28ClN3O3/c1-2-3-7-13-24-17-12-8-11-16(22)19(17)20(27)25(21(24)28)14-18(26)23-15-9-5-4-6-10-15/h8,11-12,15H,2-7,9-10,13-14H2,1H3,(H,23,26).